The minimum absolute atomic E-state index is 0.220. The van der Waals surface area contributed by atoms with Gasteiger partial charge in [0.25, 0.3) is 0 Å². The number of rotatable bonds is 7. The van der Waals surface area contributed by atoms with Crippen molar-refractivity contribution in [2.75, 3.05) is 28.1 Å². The van der Waals surface area contributed by atoms with Crippen LogP contribution in [0.5, 0.6) is 28.7 Å². The van der Waals surface area contributed by atoms with Crippen molar-refractivity contribution in [1.29, 1.82) is 0 Å². The van der Waals surface area contributed by atoms with Gasteiger partial charge in [0.15, 0.2) is 23.0 Å². The number of fused-ring (bicyclic) bond motifs is 1. The molecule has 0 unspecified atom stereocenters. The summed E-state index contributed by atoms with van der Waals surface area (Å²) in [7, 11) is 4.64. The molecule has 1 N–H and O–H groups in total. The molecular weight excluding hydrogens is 350 g/mol. The van der Waals surface area contributed by atoms with Gasteiger partial charge in [-0.05, 0) is 41.5 Å². The number of benzene rings is 2. The smallest absolute Gasteiger partial charge is 0.244 e. The largest absolute Gasteiger partial charge is 0.493 e. The molecule has 142 valence electrons. The fraction of sp³-hybridized carbons (Fsp3) is 0.250. The number of methoxy groups -OCH3 is 3. The molecule has 1 aliphatic rings. The minimum Gasteiger partial charge on any atom is -0.493 e. The number of hydrogen-bond acceptors (Lipinski definition) is 6. The van der Waals surface area contributed by atoms with Crippen molar-refractivity contribution < 1.29 is 28.5 Å². The number of carbonyl (C=O) groups excluding carboxylic acids is 1. The molecule has 7 nitrogen and oxygen atoms in total. The van der Waals surface area contributed by atoms with Crippen LogP contribution < -0.4 is 29.0 Å². The summed E-state index contributed by atoms with van der Waals surface area (Å²) in [6, 6.07) is 9.09. The summed E-state index contributed by atoms with van der Waals surface area (Å²) in [5, 5.41) is 2.83. The standard InChI is InChI=1S/C20H21NO6/c1-23-17-9-14(10-18(24-2)20(17)25-3)11-21-19(22)7-5-13-4-6-15-16(8-13)27-12-26-15/h4-10H,11-12H2,1-3H3,(H,21,22)/b7-5+. The fourth-order valence-electron chi connectivity index (χ4n) is 2.67. The molecule has 1 amide bonds. The molecule has 1 heterocycles. The van der Waals surface area contributed by atoms with Gasteiger partial charge < -0.3 is 29.0 Å². The highest BCUT2D eigenvalue weighted by atomic mass is 16.7. The lowest BCUT2D eigenvalue weighted by Gasteiger charge is -2.14. The fourth-order valence-corrected chi connectivity index (χ4v) is 2.67. The lowest BCUT2D eigenvalue weighted by atomic mass is 10.1. The van der Waals surface area contributed by atoms with Crippen molar-refractivity contribution in [1.82, 2.24) is 5.32 Å². The second-order valence-corrected chi connectivity index (χ2v) is 5.70. The molecular formula is C20H21NO6. The number of ether oxygens (including phenoxy) is 5. The van der Waals surface area contributed by atoms with Crippen LogP contribution in [0.1, 0.15) is 11.1 Å². The first kappa shape index (κ1) is 18.4. The molecule has 27 heavy (non-hydrogen) atoms. The van der Waals surface area contributed by atoms with E-state index < -0.39 is 0 Å². The van der Waals surface area contributed by atoms with Crippen molar-refractivity contribution in [3.8, 4) is 28.7 Å². The Morgan fingerprint density at radius 3 is 2.41 bits per heavy atom. The van der Waals surface area contributed by atoms with E-state index in [-0.39, 0.29) is 12.7 Å². The van der Waals surface area contributed by atoms with Crippen molar-refractivity contribution in [2.24, 2.45) is 0 Å². The van der Waals surface area contributed by atoms with Crippen LogP contribution in [0.3, 0.4) is 0 Å². The maximum Gasteiger partial charge on any atom is 0.244 e. The molecule has 0 aromatic heterocycles. The van der Waals surface area contributed by atoms with Crippen molar-refractivity contribution in [3.63, 3.8) is 0 Å². The molecule has 0 spiro atoms. The van der Waals surface area contributed by atoms with E-state index in [4.69, 9.17) is 23.7 Å². The molecule has 3 rings (SSSR count). The average Bonchev–Trinajstić information content (AvgIpc) is 3.17. The summed E-state index contributed by atoms with van der Waals surface area (Å²) < 4.78 is 26.5. The molecule has 1 aliphatic heterocycles. The maximum atomic E-state index is 12.1. The lowest BCUT2D eigenvalue weighted by molar-refractivity contribution is -0.116. The molecule has 2 aromatic rings. The highest BCUT2D eigenvalue weighted by Gasteiger charge is 2.14. The number of nitrogens with one attached hydrogen (secondary N) is 1. The normalized spacial score (nSPS) is 12.1. The van der Waals surface area contributed by atoms with Crippen LogP contribution >= 0.6 is 0 Å². The van der Waals surface area contributed by atoms with Crippen LogP contribution in [0.25, 0.3) is 6.08 Å². The van der Waals surface area contributed by atoms with E-state index in [1.807, 2.05) is 18.2 Å². The zero-order chi connectivity index (χ0) is 19.2. The summed E-state index contributed by atoms with van der Waals surface area (Å²) in [6.07, 6.45) is 3.18. The number of carbonyl (C=O) groups is 1. The van der Waals surface area contributed by atoms with Crippen LogP contribution in [-0.4, -0.2) is 34.0 Å². The van der Waals surface area contributed by atoms with E-state index in [9.17, 15) is 4.79 Å². The third kappa shape index (κ3) is 4.25. The zero-order valence-electron chi connectivity index (χ0n) is 15.4. The first-order valence-corrected chi connectivity index (χ1v) is 8.29. The van der Waals surface area contributed by atoms with Crippen molar-refractivity contribution in [3.05, 3.63) is 47.5 Å². The SMILES string of the molecule is COc1cc(CNC(=O)/C=C/c2ccc3c(c2)OCO3)cc(OC)c1OC. The van der Waals surface area contributed by atoms with Crippen LogP contribution in [0.4, 0.5) is 0 Å². The van der Waals surface area contributed by atoms with Gasteiger partial charge in [-0.15, -0.1) is 0 Å². The van der Waals surface area contributed by atoms with Crippen LogP contribution in [0.15, 0.2) is 36.4 Å². The third-order valence-electron chi connectivity index (χ3n) is 4.02. The monoisotopic (exact) mass is 371 g/mol. The van der Waals surface area contributed by atoms with E-state index in [1.54, 1.807) is 39.5 Å². The van der Waals surface area contributed by atoms with Crippen LogP contribution in [0.2, 0.25) is 0 Å². The topological polar surface area (TPSA) is 75.3 Å². The van der Waals surface area contributed by atoms with Gasteiger partial charge in [-0.25, -0.2) is 0 Å². The first-order chi connectivity index (χ1) is 13.1. The summed E-state index contributed by atoms with van der Waals surface area (Å²) in [5.74, 6) is 2.75. The molecule has 2 aromatic carbocycles. The Hall–Kier alpha value is -3.35. The van der Waals surface area contributed by atoms with Crippen molar-refractivity contribution >= 4 is 12.0 Å². The number of amides is 1. The van der Waals surface area contributed by atoms with E-state index in [1.165, 1.54) is 6.08 Å². The van der Waals surface area contributed by atoms with Crippen molar-refractivity contribution in [2.45, 2.75) is 6.54 Å². The van der Waals surface area contributed by atoms with E-state index in [2.05, 4.69) is 5.32 Å². The Kier molecular flexibility index (Phi) is 5.71. The Morgan fingerprint density at radius 1 is 1.04 bits per heavy atom. The van der Waals surface area contributed by atoms with Crippen LogP contribution in [-0.2, 0) is 11.3 Å². The minimum atomic E-state index is -0.221. The molecule has 0 atom stereocenters. The van der Waals surface area contributed by atoms with Crippen LogP contribution in [0, 0.1) is 0 Å². The molecule has 7 heteroatoms. The quantitative estimate of drug-likeness (QED) is 0.755. The molecule has 0 saturated heterocycles. The maximum absolute atomic E-state index is 12.1. The molecule has 0 radical (unpaired) electrons. The third-order valence-corrected chi connectivity index (χ3v) is 4.02. The van der Waals surface area contributed by atoms with E-state index in [0.29, 0.717) is 35.3 Å². The molecule has 0 saturated carbocycles. The Morgan fingerprint density at radius 2 is 1.74 bits per heavy atom. The van der Waals surface area contributed by atoms with E-state index in [0.717, 1.165) is 11.1 Å². The second kappa shape index (κ2) is 8.35. The number of hydrogen-bond donors (Lipinski definition) is 1. The first-order valence-electron chi connectivity index (χ1n) is 8.29. The second-order valence-electron chi connectivity index (χ2n) is 5.70. The van der Waals surface area contributed by atoms with Gasteiger partial charge in [-0.3, -0.25) is 4.79 Å². The highest BCUT2D eigenvalue weighted by molar-refractivity contribution is 5.91. The lowest BCUT2D eigenvalue weighted by Crippen LogP contribution is -2.20. The Bertz CT molecular complexity index is 837. The van der Waals surface area contributed by atoms with Gasteiger partial charge in [0.05, 0.1) is 21.3 Å². The summed E-state index contributed by atoms with van der Waals surface area (Å²) in [6.45, 7) is 0.540. The Labute approximate surface area is 157 Å². The molecule has 0 bridgehead atoms. The molecule has 0 fully saturated rings. The van der Waals surface area contributed by atoms with Gasteiger partial charge in [-0.2, -0.15) is 0 Å². The van der Waals surface area contributed by atoms with Gasteiger partial charge in [-0.1, -0.05) is 6.07 Å². The molecule has 0 aliphatic carbocycles. The van der Waals surface area contributed by atoms with Gasteiger partial charge in [0.2, 0.25) is 18.4 Å². The predicted octanol–water partition coefficient (Wildman–Crippen LogP) is 2.77. The summed E-state index contributed by atoms with van der Waals surface area (Å²) in [5.41, 5.74) is 1.68. The average molecular weight is 371 g/mol. The summed E-state index contributed by atoms with van der Waals surface area (Å²) in [4.78, 5) is 12.1. The Balaban J connectivity index is 1.63. The summed E-state index contributed by atoms with van der Waals surface area (Å²) >= 11 is 0. The van der Waals surface area contributed by atoms with Gasteiger partial charge >= 0.3 is 0 Å². The highest BCUT2D eigenvalue weighted by Crippen LogP contribution is 2.38. The van der Waals surface area contributed by atoms with Gasteiger partial charge in [0, 0.05) is 12.6 Å². The predicted molar refractivity (Wildman–Crippen MR) is 99.5 cm³/mol. The zero-order valence-corrected chi connectivity index (χ0v) is 15.4. The van der Waals surface area contributed by atoms with Gasteiger partial charge in [0.1, 0.15) is 0 Å². The van der Waals surface area contributed by atoms with E-state index >= 15 is 0 Å².